The summed E-state index contributed by atoms with van der Waals surface area (Å²) in [7, 11) is 0. The monoisotopic (exact) mass is 382 g/mol. The van der Waals surface area contributed by atoms with Crippen molar-refractivity contribution in [1.29, 1.82) is 0 Å². The Labute approximate surface area is 157 Å². The van der Waals surface area contributed by atoms with Crippen LogP contribution in [0, 0.1) is 6.92 Å². The highest BCUT2D eigenvalue weighted by Crippen LogP contribution is 2.38. The molecule has 0 saturated carbocycles. The van der Waals surface area contributed by atoms with E-state index in [-0.39, 0.29) is 40.3 Å². The van der Waals surface area contributed by atoms with Crippen molar-refractivity contribution in [2.45, 2.75) is 6.92 Å². The normalized spacial score (nSPS) is 14.0. The Bertz CT molecular complexity index is 1210. The molecule has 0 radical (unpaired) electrons. The van der Waals surface area contributed by atoms with Crippen LogP contribution in [0.4, 0.5) is 10.5 Å². The first-order chi connectivity index (χ1) is 13.3. The van der Waals surface area contributed by atoms with E-state index >= 15 is 0 Å². The minimum atomic E-state index is -0.763. The van der Waals surface area contributed by atoms with E-state index in [9.17, 15) is 29.7 Å². The van der Waals surface area contributed by atoms with E-state index < -0.39 is 28.9 Å². The molecule has 0 unspecified atom stereocenters. The maximum Gasteiger partial charge on any atom is 0.329 e. The van der Waals surface area contributed by atoms with Crippen molar-refractivity contribution < 1.29 is 29.3 Å². The van der Waals surface area contributed by atoms with Gasteiger partial charge in [-0.3, -0.25) is 9.59 Å². The third-order valence-electron chi connectivity index (χ3n) is 4.41. The van der Waals surface area contributed by atoms with E-state index in [0.717, 1.165) is 11.0 Å². The molecule has 1 fully saturated rings. The van der Waals surface area contributed by atoms with Crippen LogP contribution in [0.1, 0.15) is 5.56 Å². The number of amides is 3. The molecule has 3 amide bonds. The fraction of sp³-hybridized carbons (Fsp3) is 0.105. The standard InChI is InChI=1S/C19H14N2O7/c1-8-4-10-15(25)16(26)17(9-2-3-12(22)13(23)6-9)28-18(10)11(5-8)21-14(24)7-20-19(21)27/h2-6,22-23,26H,7H2,1H3,(H,20,27). The zero-order chi connectivity index (χ0) is 20.2. The number of aromatic hydroxyl groups is 3. The van der Waals surface area contributed by atoms with Gasteiger partial charge < -0.3 is 25.1 Å². The molecule has 1 aromatic heterocycles. The van der Waals surface area contributed by atoms with Crippen molar-refractivity contribution in [2.24, 2.45) is 0 Å². The first-order valence-corrected chi connectivity index (χ1v) is 8.21. The number of hydrogen-bond donors (Lipinski definition) is 4. The molecular formula is C19H14N2O7. The van der Waals surface area contributed by atoms with Crippen molar-refractivity contribution >= 4 is 28.6 Å². The van der Waals surface area contributed by atoms with Crippen molar-refractivity contribution in [3.63, 3.8) is 0 Å². The number of anilines is 1. The van der Waals surface area contributed by atoms with Crippen LogP contribution in [0.2, 0.25) is 0 Å². The molecule has 9 nitrogen and oxygen atoms in total. The number of nitrogens with one attached hydrogen (secondary N) is 1. The Morgan fingerprint density at radius 1 is 1.04 bits per heavy atom. The summed E-state index contributed by atoms with van der Waals surface area (Å²) in [6.07, 6.45) is 0. The van der Waals surface area contributed by atoms with Crippen molar-refractivity contribution in [3.8, 4) is 28.6 Å². The minimum Gasteiger partial charge on any atom is -0.504 e. The van der Waals surface area contributed by atoms with Crippen LogP contribution >= 0.6 is 0 Å². The largest absolute Gasteiger partial charge is 0.504 e. The van der Waals surface area contributed by atoms with Crippen LogP contribution in [0.3, 0.4) is 0 Å². The van der Waals surface area contributed by atoms with Gasteiger partial charge in [0.25, 0.3) is 5.91 Å². The van der Waals surface area contributed by atoms with Gasteiger partial charge in [0.05, 0.1) is 17.6 Å². The molecule has 4 rings (SSSR count). The molecule has 28 heavy (non-hydrogen) atoms. The summed E-state index contributed by atoms with van der Waals surface area (Å²) in [6.45, 7) is 1.49. The average molecular weight is 382 g/mol. The number of benzene rings is 2. The van der Waals surface area contributed by atoms with Gasteiger partial charge in [0.1, 0.15) is 0 Å². The van der Waals surface area contributed by atoms with E-state index in [0.29, 0.717) is 5.56 Å². The van der Waals surface area contributed by atoms with Gasteiger partial charge in [-0.25, -0.2) is 9.69 Å². The number of carbonyl (C=O) groups is 2. The maximum absolute atomic E-state index is 12.7. The smallest absolute Gasteiger partial charge is 0.329 e. The van der Waals surface area contributed by atoms with Crippen LogP contribution in [0.25, 0.3) is 22.3 Å². The van der Waals surface area contributed by atoms with Crippen molar-refractivity contribution in [1.82, 2.24) is 5.32 Å². The lowest BCUT2D eigenvalue weighted by molar-refractivity contribution is -0.115. The van der Waals surface area contributed by atoms with Crippen LogP contribution in [0.5, 0.6) is 17.2 Å². The number of carbonyl (C=O) groups excluding carboxylic acids is 2. The first-order valence-electron chi connectivity index (χ1n) is 8.21. The number of nitrogens with zero attached hydrogens (tertiary/aromatic N) is 1. The molecule has 2 heterocycles. The Kier molecular flexibility index (Phi) is 3.74. The van der Waals surface area contributed by atoms with Crippen LogP contribution in [-0.2, 0) is 4.79 Å². The lowest BCUT2D eigenvalue weighted by Gasteiger charge is -2.16. The van der Waals surface area contributed by atoms with Gasteiger partial charge >= 0.3 is 6.03 Å². The Morgan fingerprint density at radius 2 is 1.79 bits per heavy atom. The summed E-state index contributed by atoms with van der Waals surface area (Å²) in [5, 5.41) is 31.9. The summed E-state index contributed by atoms with van der Waals surface area (Å²) >= 11 is 0. The summed E-state index contributed by atoms with van der Waals surface area (Å²) in [6, 6.07) is 5.95. The zero-order valence-electron chi connectivity index (χ0n) is 14.5. The number of imide groups is 1. The third kappa shape index (κ3) is 2.52. The van der Waals surface area contributed by atoms with Crippen LogP contribution in [0.15, 0.2) is 39.5 Å². The number of hydrogen-bond acceptors (Lipinski definition) is 7. The highest BCUT2D eigenvalue weighted by molar-refractivity contribution is 6.22. The molecule has 142 valence electrons. The van der Waals surface area contributed by atoms with Gasteiger partial charge in [-0.05, 0) is 42.8 Å². The third-order valence-corrected chi connectivity index (χ3v) is 4.41. The van der Waals surface area contributed by atoms with E-state index in [2.05, 4.69) is 5.32 Å². The first kappa shape index (κ1) is 17.4. The SMILES string of the molecule is Cc1cc(N2C(=O)CNC2=O)c2oc(-c3ccc(O)c(O)c3)c(O)c(=O)c2c1. The topological polar surface area (TPSA) is 140 Å². The molecule has 0 atom stereocenters. The van der Waals surface area contributed by atoms with Crippen molar-refractivity contribution in [3.05, 3.63) is 46.1 Å². The molecule has 1 aliphatic heterocycles. The molecule has 9 heteroatoms. The number of aryl methyl sites for hydroxylation is 1. The number of fused-ring (bicyclic) bond motifs is 1. The number of phenolic OH excluding ortho intramolecular Hbond substituents is 2. The van der Waals surface area contributed by atoms with E-state index in [1.807, 2.05) is 0 Å². The maximum atomic E-state index is 12.7. The molecule has 0 aliphatic carbocycles. The van der Waals surface area contributed by atoms with E-state index in [1.54, 1.807) is 6.92 Å². The van der Waals surface area contributed by atoms with E-state index in [4.69, 9.17) is 4.42 Å². The predicted octanol–water partition coefficient (Wildman–Crippen LogP) is 1.94. The molecule has 4 N–H and O–H groups in total. The van der Waals surface area contributed by atoms with Gasteiger partial charge in [-0.2, -0.15) is 0 Å². The zero-order valence-corrected chi connectivity index (χ0v) is 14.5. The minimum absolute atomic E-state index is 0.00764. The fourth-order valence-corrected chi connectivity index (χ4v) is 3.10. The molecule has 0 spiro atoms. The summed E-state index contributed by atoms with van der Waals surface area (Å²) in [5.41, 5.74) is -0.0641. The number of phenols is 2. The Hall–Kier alpha value is -4.01. The second-order valence-electron chi connectivity index (χ2n) is 6.36. The van der Waals surface area contributed by atoms with Crippen LogP contribution in [-0.4, -0.2) is 33.8 Å². The molecular weight excluding hydrogens is 368 g/mol. The molecule has 0 bridgehead atoms. The van der Waals surface area contributed by atoms with Gasteiger partial charge in [-0.15, -0.1) is 0 Å². The Morgan fingerprint density at radius 3 is 2.43 bits per heavy atom. The second-order valence-corrected chi connectivity index (χ2v) is 6.36. The summed E-state index contributed by atoms with van der Waals surface area (Å²) < 4.78 is 5.73. The fourth-order valence-electron chi connectivity index (χ4n) is 3.10. The van der Waals surface area contributed by atoms with Gasteiger partial charge in [0.15, 0.2) is 22.8 Å². The van der Waals surface area contributed by atoms with Crippen molar-refractivity contribution in [2.75, 3.05) is 11.4 Å². The second kappa shape index (κ2) is 6.02. The summed E-state index contributed by atoms with van der Waals surface area (Å²) in [5.74, 6) is -2.35. The van der Waals surface area contributed by atoms with Gasteiger partial charge in [0, 0.05) is 5.56 Å². The van der Waals surface area contributed by atoms with Crippen LogP contribution < -0.4 is 15.6 Å². The highest BCUT2D eigenvalue weighted by Gasteiger charge is 2.33. The van der Waals surface area contributed by atoms with Gasteiger partial charge in [-0.1, -0.05) is 0 Å². The lowest BCUT2D eigenvalue weighted by Crippen LogP contribution is -2.31. The van der Waals surface area contributed by atoms with Gasteiger partial charge in [0.2, 0.25) is 11.2 Å². The highest BCUT2D eigenvalue weighted by atomic mass is 16.4. The quantitative estimate of drug-likeness (QED) is 0.392. The summed E-state index contributed by atoms with van der Waals surface area (Å²) in [4.78, 5) is 37.8. The van der Waals surface area contributed by atoms with E-state index in [1.165, 1.54) is 24.3 Å². The lowest BCUT2D eigenvalue weighted by atomic mass is 10.1. The molecule has 1 saturated heterocycles. The molecule has 1 aliphatic rings. The Balaban J connectivity index is 2.06. The number of urea groups is 1. The number of rotatable bonds is 2. The predicted molar refractivity (Wildman–Crippen MR) is 98.5 cm³/mol. The molecule has 3 aromatic rings. The average Bonchev–Trinajstić information content (AvgIpc) is 2.98. The molecule has 2 aromatic carbocycles.